The number of quaternary nitrogens is 1. The maximum atomic E-state index is 11.3. The van der Waals surface area contributed by atoms with Crippen LogP contribution in [0.3, 0.4) is 0 Å². The largest absolute Gasteiger partial charge is 0.477 e. The maximum Gasteiger partial charge on any atom is 0.362 e. The second-order valence-electron chi connectivity index (χ2n) is 5.15. The molecular formula is C14H20NO2+. The molecule has 3 heteroatoms. The lowest BCUT2D eigenvalue weighted by Crippen LogP contribution is -2.53. The van der Waals surface area contributed by atoms with Crippen molar-refractivity contribution in [3.8, 4) is 0 Å². The Morgan fingerprint density at radius 3 is 2.65 bits per heavy atom. The smallest absolute Gasteiger partial charge is 0.362 e. The fourth-order valence-corrected chi connectivity index (χ4v) is 2.99. The van der Waals surface area contributed by atoms with E-state index in [2.05, 4.69) is 26.1 Å². The lowest BCUT2D eigenvalue weighted by molar-refractivity contribution is -0.941. The van der Waals surface area contributed by atoms with Gasteiger partial charge in [-0.3, -0.25) is 0 Å². The molecule has 17 heavy (non-hydrogen) atoms. The second kappa shape index (κ2) is 4.49. The third kappa shape index (κ3) is 2.07. The van der Waals surface area contributed by atoms with Gasteiger partial charge in [-0.05, 0) is 6.92 Å². The molecule has 1 heterocycles. The Bertz CT molecular complexity index is 404. The number of benzene rings is 1. The lowest BCUT2D eigenvalue weighted by Gasteiger charge is -2.39. The summed E-state index contributed by atoms with van der Waals surface area (Å²) < 4.78 is 0.624. The van der Waals surface area contributed by atoms with Crippen molar-refractivity contribution in [3.05, 3.63) is 35.9 Å². The average Bonchev–Trinajstić information content (AvgIpc) is 2.73. The highest BCUT2D eigenvalue weighted by atomic mass is 16.4. The molecule has 1 aromatic rings. The van der Waals surface area contributed by atoms with Crippen molar-refractivity contribution >= 4 is 5.97 Å². The molecule has 1 unspecified atom stereocenters. The van der Waals surface area contributed by atoms with Gasteiger partial charge in [-0.25, -0.2) is 4.79 Å². The van der Waals surface area contributed by atoms with Crippen molar-refractivity contribution in [1.82, 2.24) is 0 Å². The van der Waals surface area contributed by atoms with E-state index in [1.54, 1.807) is 0 Å². The molecule has 0 bridgehead atoms. The average molecular weight is 234 g/mol. The van der Waals surface area contributed by atoms with Gasteiger partial charge >= 0.3 is 5.97 Å². The van der Waals surface area contributed by atoms with Crippen LogP contribution in [-0.4, -0.2) is 35.2 Å². The van der Waals surface area contributed by atoms with Gasteiger partial charge in [0.1, 0.15) is 6.04 Å². The minimum absolute atomic E-state index is 0.236. The van der Waals surface area contributed by atoms with Gasteiger partial charge in [0.25, 0.3) is 0 Å². The Kier molecular flexibility index (Phi) is 3.20. The predicted octanol–water partition coefficient (Wildman–Crippen LogP) is 2.44. The molecular weight excluding hydrogens is 214 g/mol. The number of carboxylic acid groups (broad SMARTS) is 1. The number of carbonyl (C=O) groups is 1. The van der Waals surface area contributed by atoms with E-state index in [9.17, 15) is 9.90 Å². The summed E-state index contributed by atoms with van der Waals surface area (Å²) in [4.78, 5) is 11.3. The van der Waals surface area contributed by atoms with E-state index in [-0.39, 0.29) is 12.1 Å². The molecule has 92 valence electrons. The molecule has 1 aliphatic rings. The molecule has 0 amide bonds. The van der Waals surface area contributed by atoms with Crippen LogP contribution in [0.15, 0.2) is 30.3 Å². The van der Waals surface area contributed by atoms with E-state index in [0.29, 0.717) is 4.48 Å². The summed E-state index contributed by atoms with van der Waals surface area (Å²) >= 11 is 0. The highest BCUT2D eigenvalue weighted by Gasteiger charge is 2.46. The number of carboxylic acids is 1. The van der Waals surface area contributed by atoms with Gasteiger partial charge in [0.05, 0.1) is 13.6 Å². The van der Waals surface area contributed by atoms with E-state index < -0.39 is 5.97 Å². The van der Waals surface area contributed by atoms with E-state index in [4.69, 9.17) is 0 Å². The summed E-state index contributed by atoms with van der Waals surface area (Å²) in [5.41, 5.74) is 1.23. The Hall–Kier alpha value is -1.35. The van der Waals surface area contributed by atoms with Crippen molar-refractivity contribution in [3.63, 3.8) is 0 Å². The minimum Gasteiger partial charge on any atom is -0.477 e. The number of likely N-dealkylation sites (N-methyl/N-ethyl adjacent to an activating group) is 1. The first-order valence-corrected chi connectivity index (χ1v) is 6.18. The van der Waals surface area contributed by atoms with Gasteiger partial charge in [0, 0.05) is 18.4 Å². The van der Waals surface area contributed by atoms with Crippen LogP contribution < -0.4 is 0 Å². The van der Waals surface area contributed by atoms with E-state index >= 15 is 0 Å². The third-order valence-electron chi connectivity index (χ3n) is 4.28. The quantitative estimate of drug-likeness (QED) is 0.816. The SMILES string of the molecule is C[C@H](c1ccccc1)[N+]1(C)CCC[C@@H]1C(=O)O. The van der Waals surface area contributed by atoms with Crippen LogP contribution in [0.1, 0.15) is 31.4 Å². The molecule has 0 aromatic heterocycles. The van der Waals surface area contributed by atoms with Crippen molar-refractivity contribution in [2.24, 2.45) is 0 Å². The standard InChI is InChI=1S/C14H19NO2/c1-11(12-7-4-3-5-8-12)15(2)10-6-9-13(15)14(16)17/h3-5,7-8,11,13H,6,9-10H2,1-2H3/p+1/t11-,13-,15?/m1/s1. The molecule has 0 radical (unpaired) electrons. The Labute approximate surface area is 102 Å². The van der Waals surface area contributed by atoms with Crippen molar-refractivity contribution in [1.29, 1.82) is 0 Å². The number of rotatable bonds is 3. The zero-order chi connectivity index (χ0) is 12.5. The lowest BCUT2D eigenvalue weighted by atomic mass is 10.0. The topological polar surface area (TPSA) is 37.3 Å². The van der Waals surface area contributed by atoms with Crippen LogP contribution in [0.4, 0.5) is 0 Å². The normalized spacial score (nSPS) is 30.1. The monoisotopic (exact) mass is 234 g/mol. The van der Waals surface area contributed by atoms with E-state index in [1.807, 2.05) is 18.2 Å². The molecule has 3 atom stereocenters. The molecule has 0 spiro atoms. The zero-order valence-electron chi connectivity index (χ0n) is 10.5. The number of hydrogen-bond donors (Lipinski definition) is 1. The van der Waals surface area contributed by atoms with E-state index in [1.165, 1.54) is 5.56 Å². The van der Waals surface area contributed by atoms with Crippen LogP contribution in [0.5, 0.6) is 0 Å². The molecule has 1 aromatic carbocycles. The first-order valence-electron chi connectivity index (χ1n) is 6.18. The highest BCUT2D eigenvalue weighted by molar-refractivity contribution is 5.72. The highest BCUT2D eigenvalue weighted by Crippen LogP contribution is 2.36. The Balaban J connectivity index is 2.29. The molecule has 1 fully saturated rings. The van der Waals surface area contributed by atoms with Gasteiger partial charge in [-0.1, -0.05) is 30.3 Å². The molecule has 2 rings (SSSR count). The minimum atomic E-state index is -0.659. The fraction of sp³-hybridized carbons (Fsp3) is 0.500. The van der Waals surface area contributed by atoms with Gasteiger partial charge in [0.2, 0.25) is 0 Å². The van der Waals surface area contributed by atoms with Gasteiger partial charge in [-0.15, -0.1) is 0 Å². The third-order valence-corrected chi connectivity index (χ3v) is 4.28. The summed E-state index contributed by atoms with van der Waals surface area (Å²) in [6.45, 7) is 3.09. The van der Waals surface area contributed by atoms with Crippen LogP contribution in [0.25, 0.3) is 0 Å². The second-order valence-corrected chi connectivity index (χ2v) is 5.15. The molecule has 3 nitrogen and oxygen atoms in total. The zero-order valence-corrected chi connectivity index (χ0v) is 10.5. The molecule has 1 aliphatic heterocycles. The van der Waals surface area contributed by atoms with Gasteiger partial charge in [-0.2, -0.15) is 0 Å². The number of likely N-dealkylation sites (tertiary alicyclic amines) is 1. The van der Waals surface area contributed by atoms with Crippen molar-refractivity contribution < 1.29 is 14.4 Å². The summed E-state index contributed by atoms with van der Waals surface area (Å²) in [5.74, 6) is -0.659. The van der Waals surface area contributed by atoms with Crippen LogP contribution in [-0.2, 0) is 4.79 Å². The maximum absolute atomic E-state index is 11.3. The first-order chi connectivity index (χ1) is 8.05. The van der Waals surface area contributed by atoms with Crippen LogP contribution in [0.2, 0.25) is 0 Å². The van der Waals surface area contributed by atoms with Crippen molar-refractivity contribution in [2.45, 2.75) is 31.8 Å². The molecule has 1 N–H and O–H groups in total. The Morgan fingerprint density at radius 1 is 1.41 bits per heavy atom. The number of hydrogen-bond acceptors (Lipinski definition) is 1. The van der Waals surface area contributed by atoms with Gasteiger partial charge in [0.15, 0.2) is 6.04 Å². The van der Waals surface area contributed by atoms with E-state index in [0.717, 1.165) is 19.4 Å². The summed E-state index contributed by atoms with van der Waals surface area (Å²) in [6.07, 6.45) is 1.80. The Morgan fingerprint density at radius 2 is 2.06 bits per heavy atom. The predicted molar refractivity (Wildman–Crippen MR) is 66.6 cm³/mol. The van der Waals surface area contributed by atoms with Gasteiger partial charge < -0.3 is 9.59 Å². The molecule has 1 saturated heterocycles. The summed E-state index contributed by atoms with van der Waals surface area (Å²) in [5, 5.41) is 9.33. The number of nitrogens with zero attached hydrogens (tertiary/aromatic N) is 1. The first kappa shape index (κ1) is 12.1. The van der Waals surface area contributed by atoms with Crippen LogP contribution in [0, 0.1) is 0 Å². The summed E-state index contributed by atoms with van der Waals surface area (Å²) in [6, 6.07) is 10.2. The molecule has 0 saturated carbocycles. The fourth-order valence-electron chi connectivity index (χ4n) is 2.99. The number of aliphatic carboxylic acids is 1. The molecule has 0 aliphatic carbocycles. The van der Waals surface area contributed by atoms with Crippen molar-refractivity contribution in [2.75, 3.05) is 13.6 Å². The summed E-state index contributed by atoms with van der Waals surface area (Å²) in [7, 11) is 2.07. The van der Waals surface area contributed by atoms with Crippen LogP contribution >= 0.6 is 0 Å².